The molecule has 3 heteroatoms. The topological polar surface area (TPSA) is 49.3 Å². The number of rotatable bonds is 4. The first kappa shape index (κ1) is 11.4. The van der Waals surface area contributed by atoms with Crippen molar-refractivity contribution in [1.82, 2.24) is 5.32 Å². The predicted molar refractivity (Wildman–Crippen MR) is 48.7 cm³/mol. The molecule has 0 bridgehead atoms. The van der Waals surface area contributed by atoms with E-state index in [2.05, 4.69) is 5.32 Å². The molecule has 1 amide bonds. The molecule has 0 aromatic rings. The summed E-state index contributed by atoms with van der Waals surface area (Å²) in [6.07, 6.45) is -0.360. The first-order valence-electron chi connectivity index (χ1n) is 4.41. The van der Waals surface area contributed by atoms with E-state index in [4.69, 9.17) is 5.11 Å². The van der Waals surface area contributed by atoms with Crippen LogP contribution in [0.2, 0.25) is 0 Å². The van der Waals surface area contributed by atoms with Crippen molar-refractivity contribution in [3.63, 3.8) is 0 Å². The van der Waals surface area contributed by atoms with Crippen LogP contribution in [0.3, 0.4) is 0 Å². The minimum atomic E-state index is -0.552. The standard InChI is InChI=1S/C9H19NO2/c1-6(2)8(4)10-9(12)5-7(3)11/h6-8,11H,5H2,1-4H3,(H,10,12)/t7-,8-/m1/s1. The summed E-state index contributed by atoms with van der Waals surface area (Å²) in [4.78, 5) is 11.1. The summed E-state index contributed by atoms with van der Waals surface area (Å²) < 4.78 is 0. The van der Waals surface area contributed by atoms with Crippen molar-refractivity contribution in [1.29, 1.82) is 0 Å². The molecular formula is C9H19NO2. The molecule has 0 aliphatic heterocycles. The summed E-state index contributed by atoms with van der Waals surface area (Å²) in [6.45, 7) is 7.67. The largest absolute Gasteiger partial charge is 0.393 e. The molecule has 3 nitrogen and oxygen atoms in total. The molecule has 72 valence electrons. The van der Waals surface area contributed by atoms with Crippen LogP contribution in [0.4, 0.5) is 0 Å². The maximum Gasteiger partial charge on any atom is 0.222 e. The van der Waals surface area contributed by atoms with Crippen molar-refractivity contribution in [2.24, 2.45) is 5.92 Å². The van der Waals surface area contributed by atoms with Gasteiger partial charge in [0.05, 0.1) is 12.5 Å². The molecule has 0 saturated carbocycles. The third-order valence-electron chi connectivity index (χ3n) is 1.87. The third kappa shape index (κ3) is 5.13. The molecule has 0 aromatic heterocycles. The zero-order chi connectivity index (χ0) is 9.72. The van der Waals surface area contributed by atoms with Gasteiger partial charge in [-0.3, -0.25) is 4.79 Å². The number of hydrogen-bond donors (Lipinski definition) is 2. The lowest BCUT2D eigenvalue weighted by atomic mass is 10.1. The molecule has 0 radical (unpaired) electrons. The molecule has 0 aliphatic carbocycles. The summed E-state index contributed by atoms with van der Waals surface area (Å²) in [6, 6.07) is 0.177. The number of aliphatic hydroxyl groups is 1. The zero-order valence-corrected chi connectivity index (χ0v) is 8.29. The second-order valence-corrected chi connectivity index (χ2v) is 3.65. The summed E-state index contributed by atoms with van der Waals surface area (Å²) in [7, 11) is 0. The Morgan fingerprint density at radius 2 is 1.83 bits per heavy atom. The van der Waals surface area contributed by atoms with Gasteiger partial charge in [-0.25, -0.2) is 0 Å². The maximum atomic E-state index is 11.1. The van der Waals surface area contributed by atoms with E-state index in [-0.39, 0.29) is 18.4 Å². The lowest BCUT2D eigenvalue weighted by Crippen LogP contribution is -2.37. The van der Waals surface area contributed by atoms with Gasteiger partial charge in [-0.2, -0.15) is 0 Å². The molecular weight excluding hydrogens is 154 g/mol. The fraction of sp³-hybridized carbons (Fsp3) is 0.889. The van der Waals surface area contributed by atoms with E-state index < -0.39 is 6.10 Å². The summed E-state index contributed by atoms with van der Waals surface area (Å²) >= 11 is 0. The first-order chi connectivity index (χ1) is 5.43. The second kappa shape index (κ2) is 5.14. The van der Waals surface area contributed by atoms with E-state index in [1.54, 1.807) is 6.92 Å². The molecule has 2 atom stereocenters. The van der Waals surface area contributed by atoms with Crippen LogP contribution in [0.1, 0.15) is 34.1 Å². The number of hydrogen-bond acceptors (Lipinski definition) is 2. The van der Waals surface area contributed by atoms with Crippen LogP contribution in [0.15, 0.2) is 0 Å². The molecule has 12 heavy (non-hydrogen) atoms. The van der Waals surface area contributed by atoms with Crippen LogP contribution in [0.25, 0.3) is 0 Å². The van der Waals surface area contributed by atoms with Gasteiger partial charge < -0.3 is 10.4 Å². The Labute approximate surface area is 74.2 Å². The molecule has 0 spiro atoms. The van der Waals surface area contributed by atoms with E-state index in [1.807, 2.05) is 20.8 Å². The zero-order valence-electron chi connectivity index (χ0n) is 8.29. The van der Waals surface area contributed by atoms with Crippen molar-refractivity contribution >= 4 is 5.91 Å². The van der Waals surface area contributed by atoms with E-state index in [0.717, 1.165) is 0 Å². The summed E-state index contributed by atoms with van der Waals surface area (Å²) in [5.74, 6) is 0.356. The smallest absolute Gasteiger partial charge is 0.222 e. The molecule has 0 aliphatic rings. The molecule has 0 rings (SSSR count). The molecule has 0 heterocycles. The van der Waals surface area contributed by atoms with Crippen LogP contribution in [0.5, 0.6) is 0 Å². The molecule has 0 fully saturated rings. The van der Waals surface area contributed by atoms with E-state index in [9.17, 15) is 4.79 Å². The van der Waals surface area contributed by atoms with Crippen LogP contribution in [-0.2, 0) is 4.79 Å². The Morgan fingerprint density at radius 3 is 2.17 bits per heavy atom. The van der Waals surface area contributed by atoms with Gasteiger partial charge in [0.1, 0.15) is 0 Å². The Kier molecular flexibility index (Phi) is 4.90. The maximum absolute atomic E-state index is 11.1. The van der Waals surface area contributed by atoms with E-state index >= 15 is 0 Å². The Balaban J connectivity index is 3.69. The van der Waals surface area contributed by atoms with Gasteiger partial charge in [-0.05, 0) is 19.8 Å². The lowest BCUT2D eigenvalue weighted by Gasteiger charge is -2.17. The van der Waals surface area contributed by atoms with Gasteiger partial charge in [0.15, 0.2) is 0 Å². The second-order valence-electron chi connectivity index (χ2n) is 3.65. The van der Waals surface area contributed by atoms with Crippen LogP contribution in [0, 0.1) is 5.92 Å². The lowest BCUT2D eigenvalue weighted by molar-refractivity contribution is -0.123. The van der Waals surface area contributed by atoms with Crippen LogP contribution in [-0.4, -0.2) is 23.2 Å². The van der Waals surface area contributed by atoms with E-state index in [0.29, 0.717) is 5.92 Å². The number of carbonyl (C=O) groups is 1. The van der Waals surface area contributed by atoms with Gasteiger partial charge in [-0.1, -0.05) is 13.8 Å². The van der Waals surface area contributed by atoms with Gasteiger partial charge >= 0.3 is 0 Å². The Hall–Kier alpha value is -0.570. The number of nitrogens with one attached hydrogen (secondary N) is 1. The highest BCUT2D eigenvalue weighted by molar-refractivity contribution is 5.76. The van der Waals surface area contributed by atoms with Gasteiger partial charge in [0.25, 0.3) is 0 Å². The third-order valence-corrected chi connectivity index (χ3v) is 1.87. The quantitative estimate of drug-likeness (QED) is 0.664. The predicted octanol–water partition coefficient (Wildman–Crippen LogP) is 0.918. The monoisotopic (exact) mass is 173 g/mol. The molecule has 2 N–H and O–H groups in total. The fourth-order valence-electron chi connectivity index (χ4n) is 0.748. The minimum absolute atomic E-state index is 0.0776. The number of amides is 1. The Morgan fingerprint density at radius 1 is 1.33 bits per heavy atom. The van der Waals surface area contributed by atoms with Crippen molar-refractivity contribution in [2.45, 2.75) is 46.3 Å². The molecule has 0 unspecified atom stereocenters. The van der Waals surface area contributed by atoms with Crippen molar-refractivity contribution < 1.29 is 9.90 Å². The Bertz CT molecular complexity index is 143. The molecule has 0 aromatic carbocycles. The number of aliphatic hydroxyl groups excluding tert-OH is 1. The fourth-order valence-corrected chi connectivity index (χ4v) is 0.748. The van der Waals surface area contributed by atoms with Gasteiger partial charge in [0.2, 0.25) is 5.91 Å². The average Bonchev–Trinajstić information content (AvgIpc) is 1.84. The normalized spacial score (nSPS) is 15.8. The van der Waals surface area contributed by atoms with Crippen molar-refractivity contribution in [3.8, 4) is 0 Å². The van der Waals surface area contributed by atoms with Crippen LogP contribution >= 0.6 is 0 Å². The number of carbonyl (C=O) groups excluding carboxylic acids is 1. The SMILES string of the molecule is CC(C)[C@@H](C)NC(=O)C[C@@H](C)O. The van der Waals surface area contributed by atoms with Crippen LogP contribution < -0.4 is 5.32 Å². The van der Waals surface area contributed by atoms with Crippen molar-refractivity contribution in [2.75, 3.05) is 0 Å². The summed E-state index contributed by atoms with van der Waals surface area (Å²) in [5, 5.41) is 11.7. The first-order valence-corrected chi connectivity index (χ1v) is 4.41. The van der Waals surface area contributed by atoms with Crippen molar-refractivity contribution in [3.05, 3.63) is 0 Å². The minimum Gasteiger partial charge on any atom is -0.393 e. The highest BCUT2D eigenvalue weighted by Gasteiger charge is 2.11. The van der Waals surface area contributed by atoms with E-state index in [1.165, 1.54) is 0 Å². The highest BCUT2D eigenvalue weighted by atomic mass is 16.3. The van der Waals surface area contributed by atoms with Gasteiger partial charge in [0, 0.05) is 6.04 Å². The highest BCUT2D eigenvalue weighted by Crippen LogP contribution is 2.00. The average molecular weight is 173 g/mol. The molecule has 0 saturated heterocycles. The van der Waals surface area contributed by atoms with Gasteiger partial charge in [-0.15, -0.1) is 0 Å². The summed E-state index contributed by atoms with van der Waals surface area (Å²) in [5.41, 5.74) is 0.